The summed E-state index contributed by atoms with van der Waals surface area (Å²) in [4.78, 5) is 11.8. The number of anilines is 1. The predicted molar refractivity (Wildman–Crippen MR) is 75.4 cm³/mol. The summed E-state index contributed by atoms with van der Waals surface area (Å²) in [5, 5.41) is 24.3. The van der Waals surface area contributed by atoms with E-state index in [1.165, 1.54) is 0 Å². The molecule has 1 amide bonds. The second-order valence-electron chi connectivity index (χ2n) is 4.74. The van der Waals surface area contributed by atoms with Crippen LogP contribution in [-0.2, 0) is 4.79 Å². The lowest BCUT2D eigenvalue weighted by molar-refractivity contribution is -0.115. The maximum Gasteiger partial charge on any atom is 0.238 e. The fourth-order valence-corrected chi connectivity index (χ4v) is 1.55. The van der Waals surface area contributed by atoms with Gasteiger partial charge in [-0.15, -0.1) is 0 Å². The Kier molecular flexibility index (Phi) is 5.75. The summed E-state index contributed by atoms with van der Waals surface area (Å²) in [5.74, 6) is -0.265. The molecule has 6 heteroatoms. The zero-order valence-electron chi connectivity index (χ0n) is 11.0. The number of benzene rings is 1. The van der Waals surface area contributed by atoms with Crippen molar-refractivity contribution < 1.29 is 15.0 Å². The zero-order valence-corrected chi connectivity index (χ0v) is 11.8. The number of nitrogens with one attached hydrogen (secondary N) is 2. The van der Waals surface area contributed by atoms with Gasteiger partial charge in [-0.3, -0.25) is 10.1 Å². The van der Waals surface area contributed by atoms with Crippen LogP contribution in [0.3, 0.4) is 0 Å². The molecule has 1 rings (SSSR count). The zero-order chi connectivity index (χ0) is 14.5. The summed E-state index contributed by atoms with van der Waals surface area (Å²) in [6, 6.07) is 5.24. The lowest BCUT2D eigenvalue weighted by Crippen LogP contribution is -2.51. The first-order valence-electron chi connectivity index (χ1n) is 5.93. The van der Waals surface area contributed by atoms with Crippen LogP contribution in [0.25, 0.3) is 0 Å². The number of amides is 1. The summed E-state index contributed by atoms with van der Waals surface area (Å²) in [6.07, 6.45) is 0. The van der Waals surface area contributed by atoms with Crippen LogP contribution in [0.5, 0.6) is 0 Å². The van der Waals surface area contributed by atoms with E-state index in [0.29, 0.717) is 10.7 Å². The summed E-state index contributed by atoms with van der Waals surface area (Å²) < 4.78 is 0. The number of halogens is 1. The Morgan fingerprint density at radius 1 is 1.37 bits per heavy atom. The van der Waals surface area contributed by atoms with Gasteiger partial charge in [-0.1, -0.05) is 17.7 Å². The normalized spacial score (nSPS) is 11.4. The first-order chi connectivity index (χ1) is 8.90. The van der Waals surface area contributed by atoms with Gasteiger partial charge in [0, 0.05) is 10.7 Å². The fourth-order valence-electron chi connectivity index (χ4n) is 1.38. The van der Waals surface area contributed by atoms with Gasteiger partial charge >= 0.3 is 0 Å². The number of aliphatic hydroxyl groups excluding tert-OH is 2. The van der Waals surface area contributed by atoms with Crippen molar-refractivity contribution >= 4 is 23.2 Å². The highest BCUT2D eigenvalue weighted by Crippen LogP contribution is 2.19. The minimum absolute atomic E-state index is 0.0103. The molecule has 106 valence electrons. The van der Waals surface area contributed by atoms with E-state index < -0.39 is 5.54 Å². The van der Waals surface area contributed by atoms with Crippen molar-refractivity contribution in [1.29, 1.82) is 0 Å². The maximum absolute atomic E-state index is 11.8. The van der Waals surface area contributed by atoms with Crippen molar-refractivity contribution in [3.63, 3.8) is 0 Å². The van der Waals surface area contributed by atoms with E-state index >= 15 is 0 Å². The van der Waals surface area contributed by atoms with E-state index in [1.807, 2.05) is 13.0 Å². The first-order valence-corrected chi connectivity index (χ1v) is 6.31. The van der Waals surface area contributed by atoms with E-state index in [2.05, 4.69) is 10.6 Å². The van der Waals surface area contributed by atoms with Crippen LogP contribution in [0, 0.1) is 6.92 Å². The lowest BCUT2D eigenvalue weighted by Gasteiger charge is -2.25. The van der Waals surface area contributed by atoms with Crippen LogP contribution in [0.15, 0.2) is 18.2 Å². The molecular formula is C13H19ClN2O3. The topological polar surface area (TPSA) is 81.6 Å². The molecule has 0 atom stereocenters. The van der Waals surface area contributed by atoms with Gasteiger partial charge < -0.3 is 15.5 Å². The Morgan fingerprint density at radius 2 is 2.00 bits per heavy atom. The molecule has 19 heavy (non-hydrogen) atoms. The fraction of sp³-hybridized carbons (Fsp3) is 0.462. The molecule has 1 aromatic carbocycles. The molecule has 0 spiro atoms. The van der Waals surface area contributed by atoms with Crippen molar-refractivity contribution in [2.24, 2.45) is 0 Å². The standard InChI is InChI=1S/C13H19ClN2O3/c1-9-3-4-10(14)5-11(9)16-12(19)6-15-13(2,7-17)8-18/h3-5,15,17-18H,6-8H2,1-2H3,(H,16,19). The van der Waals surface area contributed by atoms with E-state index in [0.717, 1.165) is 5.56 Å². The minimum atomic E-state index is -0.874. The van der Waals surface area contributed by atoms with Gasteiger partial charge in [0.2, 0.25) is 5.91 Å². The molecular weight excluding hydrogens is 268 g/mol. The molecule has 4 N–H and O–H groups in total. The third kappa shape index (κ3) is 4.80. The van der Waals surface area contributed by atoms with Crippen LogP contribution in [0.4, 0.5) is 5.69 Å². The van der Waals surface area contributed by atoms with Gasteiger partial charge in [-0.05, 0) is 31.5 Å². The van der Waals surface area contributed by atoms with Gasteiger partial charge in [0.25, 0.3) is 0 Å². The predicted octanol–water partition coefficient (Wildman–Crippen LogP) is 0.920. The molecule has 0 aromatic heterocycles. The lowest BCUT2D eigenvalue weighted by atomic mass is 10.1. The molecule has 0 aliphatic rings. The van der Waals surface area contributed by atoms with Crippen LogP contribution >= 0.6 is 11.6 Å². The molecule has 0 fully saturated rings. The Labute approximate surface area is 117 Å². The molecule has 0 unspecified atom stereocenters. The second kappa shape index (κ2) is 6.86. The first kappa shape index (κ1) is 15.9. The van der Waals surface area contributed by atoms with Crippen LogP contribution in [-0.4, -0.2) is 41.4 Å². The average molecular weight is 287 g/mol. The number of aryl methyl sites for hydroxylation is 1. The average Bonchev–Trinajstić information content (AvgIpc) is 2.40. The summed E-state index contributed by atoms with van der Waals surface area (Å²) >= 11 is 5.86. The minimum Gasteiger partial charge on any atom is -0.394 e. The highest BCUT2D eigenvalue weighted by molar-refractivity contribution is 6.31. The Balaban J connectivity index is 2.58. The van der Waals surface area contributed by atoms with Gasteiger partial charge in [-0.25, -0.2) is 0 Å². The van der Waals surface area contributed by atoms with Gasteiger partial charge in [-0.2, -0.15) is 0 Å². The Morgan fingerprint density at radius 3 is 2.58 bits per heavy atom. The molecule has 5 nitrogen and oxygen atoms in total. The molecule has 0 aliphatic carbocycles. The smallest absolute Gasteiger partial charge is 0.238 e. The van der Waals surface area contributed by atoms with Crippen molar-refractivity contribution in [3.8, 4) is 0 Å². The molecule has 0 aliphatic heterocycles. The summed E-state index contributed by atoms with van der Waals surface area (Å²) in [5.41, 5.74) is 0.680. The van der Waals surface area contributed by atoms with E-state index in [1.54, 1.807) is 19.1 Å². The number of rotatable bonds is 6. The Hall–Kier alpha value is -1.14. The van der Waals surface area contributed by atoms with Gasteiger partial charge in [0.1, 0.15) is 0 Å². The monoisotopic (exact) mass is 286 g/mol. The van der Waals surface area contributed by atoms with E-state index in [9.17, 15) is 4.79 Å². The van der Waals surface area contributed by atoms with Crippen LogP contribution < -0.4 is 10.6 Å². The number of carbonyl (C=O) groups is 1. The second-order valence-corrected chi connectivity index (χ2v) is 5.17. The number of hydrogen-bond donors (Lipinski definition) is 4. The van der Waals surface area contributed by atoms with Crippen molar-refractivity contribution in [3.05, 3.63) is 28.8 Å². The van der Waals surface area contributed by atoms with Crippen molar-refractivity contribution in [2.75, 3.05) is 25.1 Å². The van der Waals surface area contributed by atoms with Gasteiger partial charge in [0.05, 0.1) is 25.3 Å². The van der Waals surface area contributed by atoms with E-state index in [4.69, 9.17) is 21.8 Å². The van der Waals surface area contributed by atoms with Crippen molar-refractivity contribution in [2.45, 2.75) is 19.4 Å². The molecule has 0 saturated carbocycles. The van der Waals surface area contributed by atoms with Crippen LogP contribution in [0.2, 0.25) is 5.02 Å². The van der Waals surface area contributed by atoms with E-state index in [-0.39, 0.29) is 25.7 Å². The summed E-state index contributed by atoms with van der Waals surface area (Å²) in [7, 11) is 0. The third-order valence-corrected chi connectivity index (χ3v) is 3.08. The largest absolute Gasteiger partial charge is 0.394 e. The number of aliphatic hydroxyl groups is 2. The highest BCUT2D eigenvalue weighted by Gasteiger charge is 2.22. The van der Waals surface area contributed by atoms with Crippen LogP contribution in [0.1, 0.15) is 12.5 Å². The third-order valence-electron chi connectivity index (χ3n) is 2.85. The molecule has 0 saturated heterocycles. The molecule has 0 bridgehead atoms. The quantitative estimate of drug-likeness (QED) is 0.627. The number of carbonyl (C=O) groups excluding carboxylic acids is 1. The SMILES string of the molecule is Cc1ccc(Cl)cc1NC(=O)CNC(C)(CO)CO. The van der Waals surface area contributed by atoms with Crippen molar-refractivity contribution in [1.82, 2.24) is 5.32 Å². The van der Waals surface area contributed by atoms with Gasteiger partial charge in [0.15, 0.2) is 0 Å². The molecule has 1 aromatic rings. The maximum atomic E-state index is 11.8. The highest BCUT2D eigenvalue weighted by atomic mass is 35.5. The summed E-state index contributed by atoms with van der Waals surface area (Å²) in [6.45, 7) is 2.97. The molecule has 0 heterocycles. The Bertz CT molecular complexity index is 448. The molecule has 0 radical (unpaired) electrons. The number of hydrogen-bond acceptors (Lipinski definition) is 4.